The molecule has 0 atom stereocenters. The van der Waals surface area contributed by atoms with E-state index in [-0.39, 0.29) is 6.42 Å². The maximum absolute atomic E-state index is 10.5. The van der Waals surface area contributed by atoms with Crippen molar-refractivity contribution in [2.75, 3.05) is 6.61 Å². The number of aromatic nitrogens is 1. The highest BCUT2D eigenvalue weighted by atomic mass is 79.9. The Morgan fingerprint density at radius 3 is 2.81 bits per heavy atom. The molecule has 130 valence electrons. The quantitative estimate of drug-likeness (QED) is 0.492. The summed E-state index contributed by atoms with van der Waals surface area (Å²) >= 11 is 3.45. The molecule has 1 aromatic heterocycles. The molecule has 2 aromatic carbocycles. The number of fused-ring (bicyclic) bond motifs is 1. The molecule has 0 spiro atoms. The Hall–Kier alpha value is -2.84. The lowest BCUT2D eigenvalue weighted by Gasteiger charge is -2.05. The lowest BCUT2D eigenvalue weighted by Crippen LogP contribution is -2.02. The highest BCUT2D eigenvalue weighted by Crippen LogP contribution is 2.18. The number of nitrogens with zero attached hydrogens (tertiary/aromatic N) is 1. The Balaban J connectivity index is 1.71. The topological polar surface area (TPSA) is 59.4 Å². The summed E-state index contributed by atoms with van der Waals surface area (Å²) in [4.78, 5) is 15.1. The van der Waals surface area contributed by atoms with E-state index in [1.165, 1.54) is 0 Å². The summed E-state index contributed by atoms with van der Waals surface area (Å²) in [6, 6.07) is 17.3. The van der Waals surface area contributed by atoms with Crippen molar-refractivity contribution in [2.45, 2.75) is 12.8 Å². The molecule has 4 nitrogen and oxygen atoms in total. The van der Waals surface area contributed by atoms with Crippen LogP contribution in [0, 0.1) is 11.8 Å². The SMILES string of the molecule is O=C(O)CCCOc1cccc(C#Cc2ccc3ccc(Br)cc3n2)c1. The molecule has 1 N–H and O–H groups in total. The average molecular weight is 410 g/mol. The van der Waals surface area contributed by atoms with Crippen molar-refractivity contribution in [2.24, 2.45) is 0 Å². The van der Waals surface area contributed by atoms with Crippen LogP contribution in [-0.2, 0) is 4.79 Å². The number of benzene rings is 2. The maximum atomic E-state index is 10.5. The molecule has 0 fully saturated rings. The second-order valence-corrected chi connectivity index (χ2v) is 6.57. The Kier molecular flexibility index (Phi) is 5.88. The monoisotopic (exact) mass is 409 g/mol. The Morgan fingerprint density at radius 1 is 1.12 bits per heavy atom. The number of carboxylic acids is 1. The molecule has 3 rings (SSSR count). The number of hydrogen-bond acceptors (Lipinski definition) is 3. The van der Waals surface area contributed by atoms with Crippen LogP contribution in [0.4, 0.5) is 0 Å². The molecule has 0 unspecified atom stereocenters. The number of rotatable bonds is 5. The van der Waals surface area contributed by atoms with Crippen LogP contribution in [0.3, 0.4) is 0 Å². The molecule has 0 radical (unpaired) electrons. The van der Waals surface area contributed by atoms with Crippen molar-refractivity contribution < 1.29 is 14.6 Å². The summed E-state index contributed by atoms with van der Waals surface area (Å²) in [6.07, 6.45) is 0.574. The summed E-state index contributed by atoms with van der Waals surface area (Å²) in [7, 11) is 0. The summed E-state index contributed by atoms with van der Waals surface area (Å²) in [5, 5.41) is 9.70. The molecule has 0 saturated carbocycles. The van der Waals surface area contributed by atoms with Gasteiger partial charge >= 0.3 is 5.97 Å². The zero-order valence-corrected chi connectivity index (χ0v) is 15.5. The maximum Gasteiger partial charge on any atom is 0.303 e. The van der Waals surface area contributed by atoms with E-state index in [4.69, 9.17) is 9.84 Å². The van der Waals surface area contributed by atoms with Crippen molar-refractivity contribution >= 4 is 32.8 Å². The largest absolute Gasteiger partial charge is 0.494 e. The van der Waals surface area contributed by atoms with E-state index in [0.717, 1.165) is 20.9 Å². The predicted octanol–water partition coefficient (Wildman–Crippen LogP) is 4.64. The Bertz CT molecular complexity index is 1000. The highest BCUT2D eigenvalue weighted by Gasteiger charge is 2.00. The van der Waals surface area contributed by atoms with Gasteiger partial charge in [0.15, 0.2) is 0 Å². The number of carbonyl (C=O) groups is 1. The van der Waals surface area contributed by atoms with Gasteiger partial charge in [-0.3, -0.25) is 4.79 Å². The Labute approximate surface area is 160 Å². The van der Waals surface area contributed by atoms with E-state index < -0.39 is 5.97 Å². The zero-order valence-electron chi connectivity index (χ0n) is 13.9. The number of carboxylic acid groups (broad SMARTS) is 1. The fourth-order valence-corrected chi connectivity index (χ4v) is 2.72. The van der Waals surface area contributed by atoms with E-state index in [1.54, 1.807) is 0 Å². The van der Waals surface area contributed by atoms with E-state index in [0.29, 0.717) is 24.5 Å². The van der Waals surface area contributed by atoms with Crippen LogP contribution in [-0.4, -0.2) is 22.7 Å². The minimum absolute atomic E-state index is 0.100. The lowest BCUT2D eigenvalue weighted by molar-refractivity contribution is -0.137. The van der Waals surface area contributed by atoms with Gasteiger partial charge < -0.3 is 9.84 Å². The van der Waals surface area contributed by atoms with Crippen molar-refractivity contribution in [3.05, 3.63) is 70.3 Å². The first-order chi connectivity index (χ1) is 12.6. The minimum atomic E-state index is -0.817. The summed E-state index contributed by atoms with van der Waals surface area (Å²) < 4.78 is 6.55. The fraction of sp³-hybridized carbons (Fsp3) is 0.143. The third-order valence-electron chi connectivity index (χ3n) is 3.63. The van der Waals surface area contributed by atoms with Crippen LogP contribution >= 0.6 is 15.9 Å². The summed E-state index contributed by atoms with van der Waals surface area (Å²) in [5.74, 6) is 6.03. The van der Waals surface area contributed by atoms with Crippen molar-refractivity contribution in [3.8, 4) is 17.6 Å². The fourth-order valence-electron chi connectivity index (χ4n) is 2.37. The van der Waals surface area contributed by atoms with Crippen LogP contribution in [0.1, 0.15) is 24.1 Å². The van der Waals surface area contributed by atoms with E-state index in [2.05, 4.69) is 32.8 Å². The first-order valence-corrected chi connectivity index (χ1v) is 8.92. The molecule has 0 aliphatic carbocycles. The minimum Gasteiger partial charge on any atom is -0.494 e. The van der Waals surface area contributed by atoms with E-state index >= 15 is 0 Å². The number of pyridine rings is 1. The van der Waals surface area contributed by atoms with Gasteiger partial charge in [0.25, 0.3) is 0 Å². The molecule has 3 aromatic rings. The molecule has 0 aliphatic heterocycles. The van der Waals surface area contributed by atoms with E-state index in [9.17, 15) is 4.79 Å². The second-order valence-electron chi connectivity index (χ2n) is 5.66. The van der Waals surface area contributed by atoms with Gasteiger partial charge in [-0.25, -0.2) is 4.98 Å². The van der Waals surface area contributed by atoms with Gasteiger partial charge in [-0.1, -0.05) is 40.0 Å². The standard InChI is InChI=1S/C21H16BrNO3/c22-17-9-7-16-8-11-18(23-20(16)14-17)10-6-15-3-1-4-19(13-15)26-12-2-5-21(24)25/h1,3-4,7-9,11,13-14H,2,5,12H2,(H,24,25). The third-order valence-corrected chi connectivity index (χ3v) is 4.12. The lowest BCUT2D eigenvalue weighted by atomic mass is 10.2. The number of hydrogen-bond donors (Lipinski definition) is 1. The molecule has 26 heavy (non-hydrogen) atoms. The molecule has 1 heterocycles. The molecular weight excluding hydrogens is 394 g/mol. The van der Waals surface area contributed by atoms with Crippen LogP contribution in [0.25, 0.3) is 10.9 Å². The van der Waals surface area contributed by atoms with Crippen LogP contribution in [0.15, 0.2) is 59.1 Å². The first-order valence-electron chi connectivity index (χ1n) is 8.13. The van der Waals surface area contributed by atoms with Crippen molar-refractivity contribution in [3.63, 3.8) is 0 Å². The first kappa shape index (κ1) is 18.0. The predicted molar refractivity (Wildman–Crippen MR) is 104 cm³/mol. The summed E-state index contributed by atoms with van der Waals surface area (Å²) in [5.41, 5.74) is 2.40. The number of halogens is 1. The normalized spacial score (nSPS) is 10.2. The van der Waals surface area contributed by atoms with Crippen LogP contribution in [0.2, 0.25) is 0 Å². The van der Waals surface area contributed by atoms with Crippen LogP contribution in [0.5, 0.6) is 5.75 Å². The van der Waals surface area contributed by atoms with Gasteiger partial charge in [0.1, 0.15) is 11.4 Å². The molecule has 5 heteroatoms. The van der Waals surface area contributed by atoms with Gasteiger partial charge in [-0.2, -0.15) is 0 Å². The third kappa shape index (κ3) is 5.08. The summed E-state index contributed by atoms with van der Waals surface area (Å²) in [6.45, 7) is 0.365. The molecule has 0 amide bonds. The molecule has 0 saturated heterocycles. The van der Waals surface area contributed by atoms with Gasteiger partial charge in [-0.15, -0.1) is 0 Å². The molecular formula is C21H16BrNO3. The van der Waals surface area contributed by atoms with E-state index in [1.807, 2.05) is 54.6 Å². The molecule has 0 aliphatic rings. The number of aliphatic carboxylic acids is 1. The zero-order chi connectivity index (χ0) is 18.4. The second kappa shape index (κ2) is 8.50. The van der Waals surface area contributed by atoms with Gasteiger partial charge in [-0.05, 0) is 48.7 Å². The highest BCUT2D eigenvalue weighted by molar-refractivity contribution is 9.10. The van der Waals surface area contributed by atoms with Crippen molar-refractivity contribution in [1.82, 2.24) is 4.98 Å². The van der Waals surface area contributed by atoms with Gasteiger partial charge in [0.2, 0.25) is 0 Å². The average Bonchev–Trinajstić information content (AvgIpc) is 2.63. The van der Waals surface area contributed by atoms with Crippen molar-refractivity contribution in [1.29, 1.82) is 0 Å². The molecule has 0 bridgehead atoms. The van der Waals surface area contributed by atoms with Crippen LogP contribution < -0.4 is 4.74 Å². The smallest absolute Gasteiger partial charge is 0.303 e. The Morgan fingerprint density at radius 2 is 1.96 bits per heavy atom. The van der Waals surface area contributed by atoms with Gasteiger partial charge in [0, 0.05) is 21.8 Å². The van der Waals surface area contributed by atoms with Gasteiger partial charge in [0.05, 0.1) is 12.1 Å². The number of ether oxygens (including phenoxy) is 1.